The molecule has 0 heterocycles. The van der Waals surface area contributed by atoms with Gasteiger partial charge >= 0.3 is 11.9 Å². The SMILES string of the molecule is CCCCCCCC(=O)Oc1ccc(OC(=O)CCCC)cc1. The Morgan fingerprint density at radius 2 is 1.13 bits per heavy atom. The van der Waals surface area contributed by atoms with Crippen LogP contribution in [-0.2, 0) is 9.59 Å². The second kappa shape index (κ2) is 11.7. The highest BCUT2D eigenvalue weighted by Crippen LogP contribution is 2.19. The van der Waals surface area contributed by atoms with Crippen LogP contribution in [0.5, 0.6) is 11.5 Å². The van der Waals surface area contributed by atoms with Crippen molar-refractivity contribution in [2.45, 2.75) is 71.6 Å². The molecule has 0 N–H and O–H groups in total. The molecule has 1 aromatic rings. The second-order valence-corrected chi connectivity index (χ2v) is 5.69. The van der Waals surface area contributed by atoms with E-state index in [9.17, 15) is 9.59 Å². The Hall–Kier alpha value is -1.84. The molecular weight excluding hydrogens is 292 g/mol. The maximum Gasteiger partial charge on any atom is 0.311 e. The van der Waals surface area contributed by atoms with Crippen LogP contribution < -0.4 is 9.47 Å². The van der Waals surface area contributed by atoms with Gasteiger partial charge in [-0.15, -0.1) is 0 Å². The van der Waals surface area contributed by atoms with Crippen molar-refractivity contribution in [1.29, 1.82) is 0 Å². The molecule has 0 saturated carbocycles. The first kappa shape index (κ1) is 19.2. The van der Waals surface area contributed by atoms with E-state index >= 15 is 0 Å². The van der Waals surface area contributed by atoms with Gasteiger partial charge in [0.1, 0.15) is 11.5 Å². The van der Waals surface area contributed by atoms with Gasteiger partial charge in [0.15, 0.2) is 0 Å². The fourth-order valence-electron chi connectivity index (χ4n) is 2.13. The summed E-state index contributed by atoms with van der Waals surface area (Å²) in [7, 11) is 0. The molecule has 0 aliphatic rings. The molecule has 0 bridgehead atoms. The van der Waals surface area contributed by atoms with Gasteiger partial charge in [0, 0.05) is 12.8 Å². The van der Waals surface area contributed by atoms with Crippen molar-refractivity contribution in [2.75, 3.05) is 0 Å². The molecule has 0 fully saturated rings. The first-order valence-corrected chi connectivity index (χ1v) is 8.67. The van der Waals surface area contributed by atoms with E-state index in [0.717, 1.165) is 25.7 Å². The lowest BCUT2D eigenvalue weighted by atomic mass is 10.1. The molecule has 1 aromatic carbocycles. The topological polar surface area (TPSA) is 52.6 Å². The van der Waals surface area contributed by atoms with Crippen LogP contribution >= 0.6 is 0 Å². The number of hydrogen-bond donors (Lipinski definition) is 0. The average Bonchev–Trinajstić information content (AvgIpc) is 2.54. The molecule has 0 radical (unpaired) electrons. The van der Waals surface area contributed by atoms with Crippen molar-refractivity contribution < 1.29 is 19.1 Å². The van der Waals surface area contributed by atoms with Crippen molar-refractivity contribution in [3.63, 3.8) is 0 Å². The molecule has 0 saturated heterocycles. The van der Waals surface area contributed by atoms with Gasteiger partial charge in [-0.05, 0) is 37.1 Å². The number of carbonyl (C=O) groups excluding carboxylic acids is 2. The lowest BCUT2D eigenvalue weighted by Crippen LogP contribution is -2.08. The number of rotatable bonds is 11. The molecule has 0 spiro atoms. The van der Waals surface area contributed by atoms with E-state index in [1.54, 1.807) is 24.3 Å². The number of esters is 2. The largest absolute Gasteiger partial charge is 0.427 e. The molecule has 4 heteroatoms. The van der Waals surface area contributed by atoms with E-state index in [-0.39, 0.29) is 11.9 Å². The molecule has 0 aromatic heterocycles. The highest BCUT2D eigenvalue weighted by molar-refractivity contribution is 5.73. The lowest BCUT2D eigenvalue weighted by molar-refractivity contribution is -0.135. The summed E-state index contributed by atoms with van der Waals surface area (Å²) < 4.78 is 10.5. The van der Waals surface area contributed by atoms with Crippen LogP contribution in [0.15, 0.2) is 24.3 Å². The monoisotopic (exact) mass is 320 g/mol. The minimum absolute atomic E-state index is 0.214. The molecular formula is C19H28O4. The van der Waals surface area contributed by atoms with Crippen LogP contribution in [0, 0.1) is 0 Å². The number of hydrogen-bond acceptors (Lipinski definition) is 4. The summed E-state index contributed by atoms with van der Waals surface area (Å²) in [4.78, 5) is 23.2. The van der Waals surface area contributed by atoms with Crippen LogP contribution in [0.2, 0.25) is 0 Å². The zero-order chi connectivity index (χ0) is 16.9. The molecule has 0 unspecified atom stereocenters. The van der Waals surface area contributed by atoms with Crippen LogP contribution in [0.1, 0.15) is 71.6 Å². The Labute approximate surface area is 139 Å². The third-order valence-electron chi connectivity index (χ3n) is 3.51. The average molecular weight is 320 g/mol. The van der Waals surface area contributed by atoms with E-state index in [1.807, 2.05) is 6.92 Å². The zero-order valence-corrected chi connectivity index (χ0v) is 14.3. The van der Waals surface area contributed by atoms with Gasteiger partial charge in [-0.3, -0.25) is 9.59 Å². The maximum atomic E-state index is 11.7. The predicted octanol–water partition coefficient (Wildman–Crippen LogP) is 5.05. The Kier molecular flexibility index (Phi) is 9.76. The number of benzene rings is 1. The molecule has 23 heavy (non-hydrogen) atoms. The summed E-state index contributed by atoms with van der Waals surface area (Å²) in [6.07, 6.45) is 8.16. The molecule has 128 valence electrons. The summed E-state index contributed by atoms with van der Waals surface area (Å²) in [5.74, 6) is 0.514. The summed E-state index contributed by atoms with van der Waals surface area (Å²) in [6, 6.07) is 6.59. The van der Waals surface area contributed by atoms with Gasteiger partial charge in [-0.1, -0.05) is 46.0 Å². The molecule has 4 nitrogen and oxygen atoms in total. The van der Waals surface area contributed by atoms with Gasteiger partial charge in [0.2, 0.25) is 0 Å². The van der Waals surface area contributed by atoms with Crippen molar-refractivity contribution >= 4 is 11.9 Å². The maximum absolute atomic E-state index is 11.7. The fourth-order valence-corrected chi connectivity index (χ4v) is 2.13. The smallest absolute Gasteiger partial charge is 0.311 e. The van der Waals surface area contributed by atoms with E-state index in [0.29, 0.717) is 24.3 Å². The van der Waals surface area contributed by atoms with Crippen LogP contribution in [-0.4, -0.2) is 11.9 Å². The highest BCUT2D eigenvalue weighted by atomic mass is 16.5. The predicted molar refractivity (Wildman–Crippen MR) is 90.6 cm³/mol. The standard InChI is InChI=1S/C19H28O4/c1-3-5-7-8-9-11-19(21)23-17-14-12-16(13-15-17)22-18(20)10-6-4-2/h12-15H,3-11H2,1-2H3. The molecule has 0 amide bonds. The zero-order valence-electron chi connectivity index (χ0n) is 14.3. The summed E-state index contributed by atoms with van der Waals surface area (Å²) in [5.41, 5.74) is 0. The van der Waals surface area contributed by atoms with Gasteiger partial charge < -0.3 is 9.47 Å². The highest BCUT2D eigenvalue weighted by Gasteiger charge is 2.07. The Balaban J connectivity index is 2.30. The Morgan fingerprint density at radius 1 is 0.696 bits per heavy atom. The Bertz CT molecular complexity index is 465. The second-order valence-electron chi connectivity index (χ2n) is 5.69. The van der Waals surface area contributed by atoms with Gasteiger partial charge in [-0.25, -0.2) is 0 Å². The van der Waals surface area contributed by atoms with Gasteiger partial charge in [0.25, 0.3) is 0 Å². The molecule has 0 aliphatic carbocycles. The molecule has 0 atom stereocenters. The fraction of sp³-hybridized carbons (Fsp3) is 0.579. The van der Waals surface area contributed by atoms with Crippen molar-refractivity contribution in [1.82, 2.24) is 0 Å². The van der Waals surface area contributed by atoms with Crippen molar-refractivity contribution in [3.05, 3.63) is 24.3 Å². The number of ether oxygens (including phenoxy) is 2. The first-order valence-electron chi connectivity index (χ1n) is 8.67. The number of carbonyl (C=O) groups is 2. The van der Waals surface area contributed by atoms with E-state index in [2.05, 4.69) is 6.92 Å². The normalized spacial score (nSPS) is 10.3. The minimum atomic E-state index is -0.233. The Morgan fingerprint density at radius 3 is 1.61 bits per heavy atom. The summed E-state index contributed by atoms with van der Waals surface area (Å²) >= 11 is 0. The lowest BCUT2D eigenvalue weighted by Gasteiger charge is -2.06. The van der Waals surface area contributed by atoms with Gasteiger partial charge in [0.05, 0.1) is 0 Å². The van der Waals surface area contributed by atoms with E-state index in [1.165, 1.54) is 19.3 Å². The minimum Gasteiger partial charge on any atom is -0.427 e. The van der Waals surface area contributed by atoms with Crippen LogP contribution in [0.25, 0.3) is 0 Å². The van der Waals surface area contributed by atoms with Gasteiger partial charge in [-0.2, -0.15) is 0 Å². The molecule has 0 aliphatic heterocycles. The summed E-state index contributed by atoms with van der Waals surface area (Å²) in [5, 5.41) is 0. The van der Waals surface area contributed by atoms with Crippen molar-refractivity contribution in [2.24, 2.45) is 0 Å². The van der Waals surface area contributed by atoms with Crippen molar-refractivity contribution in [3.8, 4) is 11.5 Å². The third-order valence-corrected chi connectivity index (χ3v) is 3.51. The number of unbranched alkanes of at least 4 members (excludes halogenated alkanes) is 5. The summed E-state index contributed by atoms with van der Waals surface area (Å²) in [6.45, 7) is 4.19. The first-order chi connectivity index (χ1) is 11.2. The van der Waals surface area contributed by atoms with E-state index < -0.39 is 0 Å². The van der Waals surface area contributed by atoms with Crippen LogP contribution in [0.4, 0.5) is 0 Å². The van der Waals surface area contributed by atoms with E-state index in [4.69, 9.17) is 9.47 Å². The van der Waals surface area contributed by atoms with Crippen LogP contribution in [0.3, 0.4) is 0 Å². The third kappa shape index (κ3) is 9.01. The molecule has 1 rings (SSSR count). The quantitative estimate of drug-likeness (QED) is 0.325.